The third-order valence-corrected chi connectivity index (χ3v) is 1.23. The Kier molecular flexibility index (Phi) is 2.78. The SMILES string of the molecule is CC(C)(C)OC(=O)c1cnc(F)cn1. The van der Waals surface area contributed by atoms with Gasteiger partial charge in [-0.25, -0.2) is 14.8 Å². The number of hydrogen-bond donors (Lipinski definition) is 0. The molecule has 0 spiro atoms. The number of rotatable bonds is 1. The molecule has 0 amide bonds. The van der Waals surface area contributed by atoms with Gasteiger partial charge in [0.15, 0.2) is 5.69 Å². The first kappa shape index (κ1) is 10.6. The number of halogens is 1. The zero-order valence-corrected chi connectivity index (χ0v) is 8.24. The van der Waals surface area contributed by atoms with Gasteiger partial charge in [-0.05, 0) is 20.8 Å². The maximum atomic E-state index is 12.4. The normalized spacial score (nSPS) is 11.1. The summed E-state index contributed by atoms with van der Waals surface area (Å²) < 4.78 is 17.4. The number of esters is 1. The third kappa shape index (κ3) is 3.08. The van der Waals surface area contributed by atoms with E-state index in [1.165, 1.54) is 0 Å². The summed E-state index contributed by atoms with van der Waals surface area (Å²) in [6.07, 6.45) is 1.92. The molecule has 0 aliphatic heterocycles. The number of aromatic nitrogens is 2. The fourth-order valence-electron chi connectivity index (χ4n) is 0.748. The van der Waals surface area contributed by atoms with Crippen LogP contribution in [0.5, 0.6) is 0 Å². The lowest BCUT2D eigenvalue weighted by Crippen LogP contribution is -2.24. The Morgan fingerprint density at radius 1 is 1.36 bits per heavy atom. The van der Waals surface area contributed by atoms with E-state index < -0.39 is 17.5 Å². The van der Waals surface area contributed by atoms with Crippen molar-refractivity contribution in [3.05, 3.63) is 24.0 Å². The monoisotopic (exact) mass is 198 g/mol. The second-order valence-electron chi connectivity index (χ2n) is 3.73. The number of hydrogen-bond acceptors (Lipinski definition) is 4. The van der Waals surface area contributed by atoms with Crippen LogP contribution in [0, 0.1) is 5.95 Å². The molecule has 0 N–H and O–H groups in total. The van der Waals surface area contributed by atoms with E-state index in [0.717, 1.165) is 12.4 Å². The Bertz CT molecular complexity index is 330. The summed E-state index contributed by atoms with van der Waals surface area (Å²) in [5, 5.41) is 0. The summed E-state index contributed by atoms with van der Waals surface area (Å²) in [5.74, 6) is -1.33. The molecular formula is C9H11FN2O2. The van der Waals surface area contributed by atoms with Crippen LogP contribution in [0.3, 0.4) is 0 Å². The molecule has 0 aliphatic carbocycles. The van der Waals surface area contributed by atoms with Gasteiger partial charge in [0, 0.05) is 0 Å². The lowest BCUT2D eigenvalue weighted by molar-refractivity contribution is 0.00621. The van der Waals surface area contributed by atoms with Crippen LogP contribution in [0.2, 0.25) is 0 Å². The van der Waals surface area contributed by atoms with E-state index in [1.54, 1.807) is 20.8 Å². The maximum Gasteiger partial charge on any atom is 0.359 e. The molecule has 5 heteroatoms. The van der Waals surface area contributed by atoms with Gasteiger partial charge in [-0.3, -0.25) is 0 Å². The van der Waals surface area contributed by atoms with E-state index in [1.807, 2.05) is 0 Å². The van der Waals surface area contributed by atoms with E-state index in [0.29, 0.717) is 0 Å². The van der Waals surface area contributed by atoms with Crippen LogP contribution in [0.25, 0.3) is 0 Å². The fourth-order valence-corrected chi connectivity index (χ4v) is 0.748. The van der Waals surface area contributed by atoms with Gasteiger partial charge < -0.3 is 4.74 Å². The minimum atomic E-state index is -0.725. The van der Waals surface area contributed by atoms with E-state index in [9.17, 15) is 9.18 Å². The Morgan fingerprint density at radius 2 is 2.00 bits per heavy atom. The van der Waals surface area contributed by atoms with Gasteiger partial charge in [0.05, 0.1) is 12.4 Å². The highest BCUT2D eigenvalue weighted by Gasteiger charge is 2.18. The molecular weight excluding hydrogens is 187 g/mol. The predicted octanol–water partition coefficient (Wildman–Crippen LogP) is 1.57. The number of carbonyl (C=O) groups is 1. The lowest BCUT2D eigenvalue weighted by Gasteiger charge is -2.18. The fraction of sp³-hybridized carbons (Fsp3) is 0.444. The van der Waals surface area contributed by atoms with Crippen molar-refractivity contribution in [2.45, 2.75) is 26.4 Å². The molecule has 4 nitrogen and oxygen atoms in total. The highest BCUT2D eigenvalue weighted by molar-refractivity contribution is 5.87. The summed E-state index contributed by atoms with van der Waals surface area (Å²) in [6, 6.07) is 0. The van der Waals surface area contributed by atoms with Crippen LogP contribution in [-0.4, -0.2) is 21.5 Å². The summed E-state index contributed by atoms with van der Waals surface area (Å²) >= 11 is 0. The average Bonchev–Trinajstić information content (AvgIpc) is 2.02. The first-order chi connectivity index (χ1) is 6.38. The van der Waals surface area contributed by atoms with Crippen molar-refractivity contribution in [1.82, 2.24) is 9.97 Å². The summed E-state index contributed by atoms with van der Waals surface area (Å²) in [6.45, 7) is 5.21. The Hall–Kier alpha value is -1.52. The molecule has 0 saturated heterocycles. The van der Waals surface area contributed by atoms with Gasteiger partial charge in [-0.15, -0.1) is 0 Å². The number of nitrogens with zero attached hydrogens (tertiary/aromatic N) is 2. The topological polar surface area (TPSA) is 52.1 Å². The molecule has 0 unspecified atom stereocenters. The molecule has 1 aromatic heterocycles. The molecule has 0 radical (unpaired) electrons. The van der Waals surface area contributed by atoms with Crippen LogP contribution in [0.1, 0.15) is 31.3 Å². The Morgan fingerprint density at radius 3 is 2.43 bits per heavy atom. The predicted molar refractivity (Wildman–Crippen MR) is 47.2 cm³/mol. The summed E-state index contributed by atoms with van der Waals surface area (Å²) in [7, 11) is 0. The van der Waals surface area contributed by atoms with Crippen molar-refractivity contribution in [1.29, 1.82) is 0 Å². The second kappa shape index (κ2) is 3.69. The van der Waals surface area contributed by atoms with Crippen LogP contribution < -0.4 is 0 Å². The molecule has 0 bridgehead atoms. The molecule has 0 aliphatic rings. The first-order valence-corrected chi connectivity index (χ1v) is 4.09. The quantitative estimate of drug-likeness (QED) is 0.643. The van der Waals surface area contributed by atoms with E-state index in [-0.39, 0.29) is 5.69 Å². The molecule has 1 heterocycles. The molecule has 14 heavy (non-hydrogen) atoms. The van der Waals surface area contributed by atoms with Gasteiger partial charge >= 0.3 is 5.97 Å². The molecule has 0 fully saturated rings. The Balaban J connectivity index is 2.76. The highest BCUT2D eigenvalue weighted by atomic mass is 19.1. The molecule has 1 aromatic rings. The van der Waals surface area contributed by atoms with Gasteiger partial charge in [0.1, 0.15) is 5.60 Å². The van der Waals surface area contributed by atoms with Crippen molar-refractivity contribution in [2.75, 3.05) is 0 Å². The van der Waals surface area contributed by atoms with Crippen molar-refractivity contribution in [3.8, 4) is 0 Å². The molecule has 0 aromatic carbocycles. The van der Waals surface area contributed by atoms with Crippen LogP contribution >= 0.6 is 0 Å². The lowest BCUT2D eigenvalue weighted by atomic mass is 10.2. The van der Waals surface area contributed by atoms with Crippen molar-refractivity contribution < 1.29 is 13.9 Å². The maximum absolute atomic E-state index is 12.4. The summed E-state index contributed by atoms with van der Waals surface area (Å²) in [5.41, 5.74) is -0.589. The van der Waals surface area contributed by atoms with Gasteiger partial charge in [-0.1, -0.05) is 0 Å². The largest absolute Gasteiger partial charge is 0.455 e. The first-order valence-electron chi connectivity index (χ1n) is 4.09. The van der Waals surface area contributed by atoms with Crippen LogP contribution in [0.4, 0.5) is 4.39 Å². The number of carbonyl (C=O) groups excluding carboxylic acids is 1. The minimum absolute atomic E-state index is 0.00123. The Labute approximate surface area is 81.1 Å². The van der Waals surface area contributed by atoms with Crippen LogP contribution in [0.15, 0.2) is 12.4 Å². The number of ether oxygens (including phenoxy) is 1. The summed E-state index contributed by atoms with van der Waals surface area (Å²) in [4.78, 5) is 18.2. The van der Waals surface area contributed by atoms with Gasteiger partial charge in [0.25, 0.3) is 0 Å². The highest BCUT2D eigenvalue weighted by Crippen LogP contribution is 2.09. The molecule has 0 saturated carbocycles. The van der Waals surface area contributed by atoms with E-state index in [4.69, 9.17) is 4.74 Å². The van der Waals surface area contributed by atoms with Crippen molar-refractivity contribution >= 4 is 5.97 Å². The second-order valence-corrected chi connectivity index (χ2v) is 3.73. The molecule has 0 atom stereocenters. The van der Waals surface area contributed by atoms with E-state index in [2.05, 4.69) is 9.97 Å². The van der Waals surface area contributed by atoms with E-state index >= 15 is 0 Å². The smallest absolute Gasteiger partial charge is 0.359 e. The van der Waals surface area contributed by atoms with Gasteiger partial charge in [0.2, 0.25) is 5.95 Å². The standard InChI is InChI=1S/C9H11FN2O2/c1-9(2,3)14-8(13)6-4-12-7(10)5-11-6/h4-5H,1-3H3. The van der Waals surface area contributed by atoms with Gasteiger partial charge in [-0.2, -0.15) is 4.39 Å². The minimum Gasteiger partial charge on any atom is -0.455 e. The average molecular weight is 198 g/mol. The van der Waals surface area contributed by atoms with Crippen molar-refractivity contribution in [2.24, 2.45) is 0 Å². The zero-order valence-electron chi connectivity index (χ0n) is 8.24. The van der Waals surface area contributed by atoms with Crippen molar-refractivity contribution in [3.63, 3.8) is 0 Å². The molecule has 1 rings (SSSR count). The molecule has 76 valence electrons. The zero-order chi connectivity index (χ0) is 10.8. The third-order valence-electron chi connectivity index (χ3n) is 1.23. The van der Waals surface area contributed by atoms with Crippen LogP contribution in [-0.2, 0) is 4.74 Å².